The fourth-order valence-electron chi connectivity index (χ4n) is 2.64. The van der Waals surface area contributed by atoms with Crippen molar-refractivity contribution in [2.75, 3.05) is 27.8 Å². The van der Waals surface area contributed by atoms with Crippen molar-refractivity contribution in [2.45, 2.75) is 52.4 Å². The molecular weight excluding hydrogens is 324 g/mol. The Morgan fingerprint density at radius 2 is 1.60 bits per heavy atom. The first kappa shape index (κ1) is 21.3. The minimum atomic E-state index is -0.269. The lowest BCUT2D eigenvalue weighted by molar-refractivity contribution is 0.0447. The molecule has 0 saturated heterocycles. The summed E-state index contributed by atoms with van der Waals surface area (Å²) < 4.78 is 20.9. The molecule has 25 heavy (non-hydrogen) atoms. The van der Waals surface area contributed by atoms with Crippen molar-refractivity contribution < 1.29 is 28.8 Å². The Bertz CT molecular complexity index is 541. The van der Waals surface area contributed by atoms with Crippen LogP contribution < -0.4 is 9.47 Å². The van der Waals surface area contributed by atoms with E-state index in [0.717, 1.165) is 19.3 Å². The zero-order valence-corrected chi connectivity index (χ0v) is 15.7. The third-order valence-corrected chi connectivity index (χ3v) is 3.88. The molecule has 0 spiro atoms. The van der Waals surface area contributed by atoms with E-state index in [0.29, 0.717) is 17.7 Å². The number of rotatable bonds is 13. The van der Waals surface area contributed by atoms with Crippen LogP contribution in [0, 0.1) is 0 Å². The van der Waals surface area contributed by atoms with Crippen LogP contribution in [0.4, 0.5) is 0 Å². The van der Waals surface area contributed by atoms with Crippen LogP contribution in [0.25, 0.3) is 0 Å². The predicted octanol–water partition coefficient (Wildman–Crippen LogP) is 4.07. The first-order valence-electron chi connectivity index (χ1n) is 8.70. The molecule has 0 radical (unpaired) electrons. The van der Waals surface area contributed by atoms with Crippen molar-refractivity contribution in [1.82, 2.24) is 0 Å². The standard InChI is InChI=1S/C19H30O6/c1-5-6-7-8-9-10-15-16(24-12-22-3)11-17(25-13-23-4)18(14(2)20)19(15)21/h11,21H,5-10,12-13H2,1-4H3. The molecule has 1 rings (SSSR count). The minimum Gasteiger partial charge on any atom is -0.507 e. The summed E-state index contributed by atoms with van der Waals surface area (Å²) in [5, 5.41) is 10.7. The van der Waals surface area contributed by atoms with Crippen LogP contribution in [0.2, 0.25) is 0 Å². The van der Waals surface area contributed by atoms with Crippen molar-refractivity contribution in [3.05, 3.63) is 17.2 Å². The Morgan fingerprint density at radius 1 is 1.00 bits per heavy atom. The fraction of sp³-hybridized carbons (Fsp3) is 0.632. The molecule has 0 fully saturated rings. The number of hydrogen-bond acceptors (Lipinski definition) is 6. The summed E-state index contributed by atoms with van der Waals surface area (Å²) >= 11 is 0. The second-order valence-corrected chi connectivity index (χ2v) is 5.90. The average Bonchev–Trinajstić information content (AvgIpc) is 2.58. The van der Waals surface area contributed by atoms with Crippen LogP contribution in [0.5, 0.6) is 17.2 Å². The highest BCUT2D eigenvalue weighted by Crippen LogP contribution is 2.40. The monoisotopic (exact) mass is 354 g/mol. The molecule has 0 aromatic heterocycles. The lowest BCUT2D eigenvalue weighted by Crippen LogP contribution is -2.09. The van der Waals surface area contributed by atoms with Crippen molar-refractivity contribution in [2.24, 2.45) is 0 Å². The van der Waals surface area contributed by atoms with Gasteiger partial charge < -0.3 is 24.1 Å². The second kappa shape index (κ2) is 11.7. The largest absolute Gasteiger partial charge is 0.507 e. The Kier molecular flexibility index (Phi) is 9.96. The summed E-state index contributed by atoms with van der Waals surface area (Å²) in [4.78, 5) is 12.0. The van der Waals surface area contributed by atoms with Crippen LogP contribution in [0.15, 0.2) is 6.07 Å². The molecular formula is C19H30O6. The number of ketones is 1. The summed E-state index contributed by atoms with van der Waals surface area (Å²) in [6.07, 6.45) is 6.12. The van der Waals surface area contributed by atoms with E-state index in [2.05, 4.69) is 6.92 Å². The van der Waals surface area contributed by atoms with Gasteiger partial charge in [0.2, 0.25) is 0 Å². The topological polar surface area (TPSA) is 74.2 Å². The van der Waals surface area contributed by atoms with Gasteiger partial charge in [-0.05, 0) is 19.8 Å². The van der Waals surface area contributed by atoms with Gasteiger partial charge in [0.15, 0.2) is 19.4 Å². The highest BCUT2D eigenvalue weighted by atomic mass is 16.7. The maximum absolute atomic E-state index is 12.0. The van der Waals surface area contributed by atoms with Gasteiger partial charge in [-0.15, -0.1) is 0 Å². The van der Waals surface area contributed by atoms with E-state index in [1.807, 2.05) is 0 Å². The minimum absolute atomic E-state index is 0.0280. The molecule has 0 saturated carbocycles. The van der Waals surface area contributed by atoms with Crippen LogP contribution >= 0.6 is 0 Å². The maximum atomic E-state index is 12.0. The lowest BCUT2D eigenvalue weighted by Gasteiger charge is -2.18. The number of methoxy groups -OCH3 is 2. The zero-order chi connectivity index (χ0) is 18.7. The molecule has 6 heteroatoms. The highest BCUT2D eigenvalue weighted by molar-refractivity contribution is 6.00. The normalized spacial score (nSPS) is 10.7. The predicted molar refractivity (Wildman–Crippen MR) is 95.6 cm³/mol. The van der Waals surface area contributed by atoms with Gasteiger partial charge in [0.1, 0.15) is 22.8 Å². The molecule has 1 aromatic carbocycles. The summed E-state index contributed by atoms with van der Waals surface area (Å²) in [5.74, 6) is 0.357. The van der Waals surface area contributed by atoms with Crippen LogP contribution in [-0.2, 0) is 15.9 Å². The van der Waals surface area contributed by atoms with Crippen LogP contribution in [-0.4, -0.2) is 38.7 Å². The van der Waals surface area contributed by atoms with E-state index in [4.69, 9.17) is 18.9 Å². The summed E-state index contributed by atoms with van der Waals surface area (Å²) in [7, 11) is 3.01. The number of aromatic hydroxyl groups is 1. The van der Waals surface area contributed by atoms with Gasteiger partial charge in [-0.1, -0.05) is 32.6 Å². The number of ether oxygens (including phenoxy) is 4. The van der Waals surface area contributed by atoms with E-state index < -0.39 is 0 Å². The number of carbonyl (C=O) groups excluding carboxylic acids is 1. The molecule has 1 aromatic rings. The SMILES string of the molecule is CCCCCCCc1c(OCOC)cc(OCOC)c(C(C)=O)c1O. The van der Waals surface area contributed by atoms with Gasteiger partial charge in [0, 0.05) is 25.8 Å². The molecule has 0 heterocycles. The number of benzene rings is 1. The number of Topliss-reactive ketones (excluding diaryl/α,β-unsaturated/α-hetero) is 1. The quantitative estimate of drug-likeness (QED) is 0.327. The van der Waals surface area contributed by atoms with E-state index in [-0.39, 0.29) is 36.4 Å². The van der Waals surface area contributed by atoms with Crippen LogP contribution in [0.3, 0.4) is 0 Å². The van der Waals surface area contributed by atoms with Crippen LogP contribution in [0.1, 0.15) is 61.9 Å². The smallest absolute Gasteiger partial charge is 0.188 e. The van der Waals surface area contributed by atoms with Gasteiger partial charge in [0.05, 0.1) is 0 Å². The summed E-state index contributed by atoms with van der Waals surface area (Å²) in [6.45, 7) is 3.58. The molecule has 142 valence electrons. The van der Waals surface area contributed by atoms with Crippen molar-refractivity contribution in [3.63, 3.8) is 0 Å². The van der Waals surface area contributed by atoms with E-state index >= 15 is 0 Å². The van der Waals surface area contributed by atoms with Crippen molar-refractivity contribution in [1.29, 1.82) is 0 Å². The summed E-state index contributed by atoms with van der Waals surface area (Å²) in [5.41, 5.74) is 0.772. The number of unbranched alkanes of at least 4 members (excludes halogenated alkanes) is 4. The zero-order valence-electron chi connectivity index (χ0n) is 15.7. The molecule has 0 atom stereocenters. The van der Waals surface area contributed by atoms with Gasteiger partial charge in [-0.2, -0.15) is 0 Å². The fourth-order valence-corrected chi connectivity index (χ4v) is 2.64. The van der Waals surface area contributed by atoms with Gasteiger partial charge in [-0.3, -0.25) is 4.79 Å². The number of phenolic OH excluding ortho intramolecular Hbond substituents is 1. The Hall–Kier alpha value is -1.79. The maximum Gasteiger partial charge on any atom is 0.188 e. The Balaban J connectivity index is 3.11. The van der Waals surface area contributed by atoms with Gasteiger partial charge in [-0.25, -0.2) is 0 Å². The van der Waals surface area contributed by atoms with Crippen molar-refractivity contribution >= 4 is 5.78 Å². The van der Waals surface area contributed by atoms with Gasteiger partial charge in [0.25, 0.3) is 0 Å². The van der Waals surface area contributed by atoms with Crippen molar-refractivity contribution in [3.8, 4) is 17.2 Å². The number of phenols is 1. The second-order valence-electron chi connectivity index (χ2n) is 5.90. The third-order valence-electron chi connectivity index (χ3n) is 3.88. The number of hydrogen-bond donors (Lipinski definition) is 1. The van der Waals surface area contributed by atoms with E-state index in [1.54, 1.807) is 6.07 Å². The van der Waals surface area contributed by atoms with E-state index in [1.165, 1.54) is 34.0 Å². The first-order chi connectivity index (χ1) is 12.1. The molecule has 6 nitrogen and oxygen atoms in total. The Morgan fingerprint density at radius 3 is 2.16 bits per heavy atom. The third kappa shape index (κ3) is 6.55. The molecule has 0 aliphatic carbocycles. The van der Waals surface area contributed by atoms with Gasteiger partial charge >= 0.3 is 0 Å². The van der Waals surface area contributed by atoms with E-state index in [9.17, 15) is 9.90 Å². The summed E-state index contributed by atoms with van der Waals surface area (Å²) in [6, 6.07) is 1.62. The average molecular weight is 354 g/mol. The molecule has 0 aliphatic rings. The molecule has 0 unspecified atom stereocenters. The number of carbonyl (C=O) groups is 1. The molecule has 1 N–H and O–H groups in total. The Labute approximate surface area is 150 Å². The molecule has 0 amide bonds. The molecule has 0 bridgehead atoms. The highest BCUT2D eigenvalue weighted by Gasteiger charge is 2.22. The lowest BCUT2D eigenvalue weighted by atomic mass is 9.98. The molecule has 0 aliphatic heterocycles. The first-order valence-corrected chi connectivity index (χ1v) is 8.70.